The Kier molecular flexibility index (Phi) is 5.07. The second-order valence-corrected chi connectivity index (χ2v) is 7.55. The number of carbonyl (C=O) groups excluding carboxylic acids is 2. The van der Waals surface area contributed by atoms with Crippen LogP contribution in [0.1, 0.15) is 41.7 Å². The summed E-state index contributed by atoms with van der Waals surface area (Å²) in [5, 5.41) is 10.5. The van der Waals surface area contributed by atoms with Crippen molar-refractivity contribution in [2.24, 2.45) is 5.92 Å². The largest absolute Gasteiger partial charge is 0.354 e. The molecule has 27 heavy (non-hydrogen) atoms. The number of fused-ring (bicyclic) bond motifs is 1. The summed E-state index contributed by atoms with van der Waals surface area (Å²) >= 11 is 0. The molecule has 2 N–H and O–H groups in total. The Bertz CT molecular complexity index is 842. The molecule has 2 fully saturated rings. The van der Waals surface area contributed by atoms with Gasteiger partial charge in [0.1, 0.15) is 5.56 Å². The molecule has 2 aliphatic rings. The summed E-state index contributed by atoms with van der Waals surface area (Å²) in [5.41, 5.74) is 2.00. The van der Waals surface area contributed by atoms with E-state index >= 15 is 0 Å². The third-order valence-corrected chi connectivity index (χ3v) is 5.49. The summed E-state index contributed by atoms with van der Waals surface area (Å²) in [6.07, 6.45) is 7.34. The molecule has 144 valence electrons. The highest BCUT2D eigenvalue weighted by molar-refractivity contribution is 5.99. The second-order valence-electron chi connectivity index (χ2n) is 7.55. The van der Waals surface area contributed by atoms with Crippen molar-refractivity contribution in [1.82, 2.24) is 30.1 Å². The van der Waals surface area contributed by atoms with E-state index in [0.29, 0.717) is 24.3 Å². The number of hydrogen-bond acceptors (Lipinski definition) is 5. The first-order chi connectivity index (χ1) is 13.1. The van der Waals surface area contributed by atoms with Gasteiger partial charge in [-0.3, -0.25) is 9.59 Å². The van der Waals surface area contributed by atoms with Crippen LogP contribution in [0, 0.1) is 12.8 Å². The monoisotopic (exact) mass is 370 g/mol. The van der Waals surface area contributed by atoms with Crippen molar-refractivity contribution in [3.05, 3.63) is 29.7 Å². The average Bonchev–Trinajstić information content (AvgIpc) is 3.35. The molecule has 0 spiro atoms. The number of nitrogens with one attached hydrogen (secondary N) is 2. The molecule has 0 saturated carbocycles. The molecule has 2 saturated heterocycles. The Morgan fingerprint density at radius 1 is 1.33 bits per heavy atom. The van der Waals surface area contributed by atoms with Gasteiger partial charge in [-0.05, 0) is 51.1 Å². The van der Waals surface area contributed by atoms with Crippen molar-refractivity contribution in [1.29, 1.82) is 0 Å². The molecule has 4 heterocycles. The van der Waals surface area contributed by atoms with E-state index in [1.807, 2.05) is 24.1 Å². The van der Waals surface area contributed by atoms with E-state index in [2.05, 4.69) is 20.7 Å². The van der Waals surface area contributed by atoms with Gasteiger partial charge in [0.2, 0.25) is 5.91 Å². The number of rotatable bonds is 4. The van der Waals surface area contributed by atoms with Crippen molar-refractivity contribution in [2.45, 2.75) is 38.6 Å². The minimum Gasteiger partial charge on any atom is -0.354 e. The molecule has 2 amide bonds. The Labute approximate surface area is 158 Å². The van der Waals surface area contributed by atoms with E-state index in [1.165, 1.54) is 0 Å². The maximum Gasteiger partial charge on any atom is 0.259 e. The first-order valence-corrected chi connectivity index (χ1v) is 9.73. The van der Waals surface area contributed by atoms with Gasteiger partial charge in [0, 0.05) is 31.5 Å². The van der Waals surface area contributed by atoms with Crippen LogP contribution in [-0.2, 0) is 4.79 Å². The fourth-order valence-corrected chi connectivity index (χ4v) is 3.97. The van der Waals surface area contributed by atoms with E-state index in [-0.39, 0.29) is 23.8 Å². The normalized spacial score (nSPS) is 22.9. The minimum absolute atomic E-state index is 0.0309. The van der Waals surface area contributed by atoms with Crippen LogP contribution in [-0.4, -0.2) is 63.5 Å². The SMILES string of the molecule is Cc1ccn2ncc(C(=O)N3CCCC(CNC(=O)C4CCCN4)C3)c2n1. The number of nitrogens with zero attached hydrogens (tertiary/aromatic N) is 4. The van der Waals surface area contributed by atoms with Gasteiger partial charge < -0.3 is 15.5 Å². The lowest BCUT2D eigenvalue weighted by Crippen LogP contribution is -2.46. The lowest BCUT2D eigenvalue weighted by molar-refractivity contribution is -0.123. The van der Waals surface area contributed by atoms with Gasteiger partial charge in [0.15, 0.2) is 5.65 Å². The fourth-order valence-electron chi connectivity index (χ4n) is 3.97. The highest BCUT2D eigenvalue weighted by Crippen LogP contribution is 2.20. The molecule has 2 aromatic rings. The second kappa shape index (κ2) is 7.64. The van der Waals surface area contributed by atoms with Crippen LogP contribution in [0.5, 0.6) is 0 Å². The summed E-state index contributed by atoms with van der Waals surface area (Å²) in [4.78, 5) is 31.5. The van der Waals surface area contributed by atoms with Crippen LogP contribution in [0.4, 0.5) is 0 Å². The van der Waals surface area contributed by atoms with E-state index in [1.54, 1.807) is 10.7 Å². The third-order valence-electron chi connectivity index (χ3n) is 5.49. The molecule has 2 atom stereocenters. The molecule has 8 nitrogen and oxygen atoms in total. The van der Waals surface area contributed by atoms with Crippen LogP contribution in [0.15, 0.2) is 18.5 Å². The predicted octanol–water partition coefficient (Wildman–Crippen LogP) is 0.758. The third kappa shape index (κ3) is 3.80. The summed E-state index contributed by atoms with van der Waals surface area (Å²) in [7, 11) is 0. The zero-order chi connectivity index (χ0) is 18.8. The number of aryl methyl sites for hydroxylation is 1. The summed E-state index contributed by atoms with van der Waals surface area (Å²) in [6, 6.07) is 1.81. The van der Waals surface area contributed by atoms with Gasteiger partial charge in [0.05, 0.1) is 12.2 Å². The van der Waals surface area contributed by atoms with Crippen molar-refractivity contribution in [3.8, 4) is 0 Å². The summed E-state index contributed by atoms with van der Waals surface area (Å²) in [5.74, 6) is 0.333. The molecular formula is C19H26N6O2. The topological polar surface area (TPSA) is 91.6 Å². The van der Waals surface area contributed by atoms with Crippen LogP contribution in [0.25, 0.3) is 5.65 Å². The number of carbonyl (C=O) groups is 2. The molecule has 0 aromatic carbocycles. The molecule has 8 heteroatoms. The minimum atomic E-state index is -0.0561. The molecule has 0 radical (unpaired) electrons. The molecular weight excluding hydrogens is 344 g/mol. The zero-order valence-corrected chi connectivity index (χ0v) is 15.6. The van der Waals surface area contributed by atoms with Gasteiger partial charge in [-0.2, -0.15) is 5.10 Å². The predicted molar refractivity (Wildman–Crippen MR) is 100 cm³/mol. The molecule has 0 aliphatic carbocycles. The average molecular weight is 370 g/mol. The van der Waals surface area contributed by atoms with E-state index in [4.69, 9.17) is 0 Å². The van der Waals surface area contributed by atoms with Crippen LogP contribution in [0.2, 0.25) is 0 Å². The van der Waals surface area contributed by atoms with Crippen LogP contribution >= 0.6 is 0 Å². The van der Waals surface area contributed by atoms with E-state index in [0.717, 1.165) is 44.5 Å². The molecule has 4 rings (SSSR count). The van der Waals surface area contributed by atoms with E-state index < -0.39 is 0 Å². The number of aromatic nitrogens is 3. The first kappa shape index (κ1) is 17.9. The quantitative estimate of drug-likeness (QED) is 0.829. The number of amides is 2. The standard InChI is InChI=1S/C19H26N6O2/c1-13-6-9-25-17(23-13)15(11-22-25)19(27)24-8-3-4-14(12-24)10-21-18(26)16-5-2-7-20-16/h6,9,11,14,16,20H,2-5,7-8,10,12H2,1H3,(H,21,26). The molecule has 2 aliphatic heterocycles. The Hall–Kier alpha value is -2.48. The van der Waals surface area contributed by atoms with Gasteiger partial charge in [-0.25, -0.2) is 9.50 Å². The number of piperidine rings is 1. The first-order valence-electron chi connectivity index (χ1n) is 9.73. The lowest BCUT2D eigenvalue weighted by atomic mass is 9.97. The van der Waals surface area contributed by atoms with Crippen molar-refractivity contribution >= 4 is 17.5 Å². The van der Waals surface area contributed by atoms with E-state index in [9.17, 15) is 9.59 Å². The molecule has 2 aromatic heterocycles. The summed E-state index contributed by atoms with van der Waals surface area (Å²) in [6.45, 7) is 4.82. The maximum absolute atomic E-state index is 13.0. The zero-order valence-electron chi connectivity index (χ0n) is 15.6. The Balaban J connectivity index is 1.39. The van der Waals surface area contributed by atoms with Gasteiger partial charge >= 0.3 is 0 Å². The van der Waals surface area contributed by atoms with Gasteiger partial charge in [-0.1, -0.05) is 0 Å². The number of hydrogen-bond donors (Lipinski definition) is 2. The highest BCUT2D eigenvalue weighted by Gasteiger charge is 2.28. The van der Waals surface area contributed by atoms with Crippen LogP contribution < -0.4 is 10.6 Å². The maximum atomic E-state index is 13.0. The number of likely N-dealkylation sites (tertiary alicyclic amines) is 1. The molecule has 0 bridgehead atoms. The smallest absolute Gasteiger partial charge is 0.259 e. The lowest BCUT2D eigenvalue weighted by Gasteiger charge is -2.32. The molecule has 2 unspecified atom stereocenters. The van der Waals surface area contributed by atoms with Crippen LogP contribution in [0.3, 0.4) is 0 Å². The highest BCUT2D eigenvalue weighted by atomic mass is 16.2. The Morgan fingerprint density at radius 2 is 2.22 bits per heavy atom. The van der Waals surface area contributed by atoms with Gasteiger partial charge in [-0.15, -0.1) is 0 Å². The summed E-state index contributed by atoms with van der Waals surface area (Å²) < 4.78 is 1.64. The fraction of sp³-hybridized carbons (Fsp3) is 0.579. The Morgan fingerprint density at radius 3 is 3.04 bits per heavy atom. The van der Waals surface area contributed by atoms with Crippen molar-refractivity contribution in [2.75, 3.05) is 26.2 Å². The van der Waals surface area contributed by atoms with Crippen molar-refractivity contribution < 1.29 is 9.59 Å². The van der Waals surface area contributed by atoms with Gasteiger partial charge in [0.25, 0.3) is 5.91 Å². The van der Waals surface area contributed by atoms with Crippen molar-refractivity contribution in [3.63, 3.8) is 0 Å².